The highest BCUT2D eigenvalue weighted by Crippen LogP contribution is 2.41. The van der Waals surface area contributed by atoms with Crippen LogP contribution in [0.3, 0.4) is 0 Å². The molecule has 1 saturated heterocycles. The summed E-state index contributed by atoms with van der Waals surface area (Å²) in [5.74, 6) is 0. The molecular formula is C17H29N3S. The fraction of sp³-hybridized carbons (Fsp3) is 0.824. The van der Waals surface area contributed by atoms with E-state index < -0.39 is 0 Å². The van der Waals surface area contributed by atoms with E-state index in [1.165, 1.54) is 36.4 Å². The van der Waals surface area contributed by atoms with E-state index in [0.717, 1.165) is 12.6 Å². The molecule has 3 rings (SSSR count). The first-order chi connectivity index (χ1) is 9.80. The van der Waals surface area contributed by atoms with Crippen LogP contribution < -0.4 is 5.32 Å². The molecule has 4 heteroatoms. The Morgan fingerprint density at radius 2 is 2.10 bits per heavy atom. The van der Waals surface area contributed by atoms with Crippen molar-refractivity contribution in [2.24, 2.45) is 0 Å². The third-order valence-corrected chi connectivity index (χ3v) is 6.07. The molecule has 1 aliphatic heterocycles. The summed E-state index contributed by atoms with van der Waals surface area (Å²) in [5, 5.41) is 7.55. The summed E-state index contributed by atoms with van der Waals surface area (Å²) in [7, 11) is 2.24. The van der Waals surface area contributed by atoms with E-state index in [0.29, 0.717) is 6.04 Å². The summed E-state index contributed by atoms with van der Waals surface area (Å²) >= 11 is 1.86. The molecule has 2 atom stereocenters. The summed E-state index contributed by atoms with van der Waals surface area (Å²) in [6.45, 7) is 10.3. The quantitative estimate of drug-likeness (QED) is 0.926. The van der Waals surface area contributed by atoms with Crippen molar-refractivity contribution in [3.63, 3.8) is 0 Å². The van der Waals surface area contributed by atoms with E-state index in [4.69, 9.17) is 4.98 Å². The minimum atomic E-state index is 0.112. The Bertz CT molecular complexity index is 500. The van der Waals surface area contributed by atoms with E-state index in [9.17, 15) is 0 Å². The first-order valence-corrected chi connectivity index (χ1v) is 9.12. The van der Waals surface area contributed by atoms with Crippen LogP contribution in [0.15, 0.2) is 5.38 Å². The summed E-state index contributed by atoms with van der Waals surface area (Å²) in [5.41, 5.74) is 1.50. The maximum atomic E-state index is 5.06. The van der Waals surface area contributed by atoms with Crippen LogP contribution in [0.5, 0.6) is 0 Å². The number of rotatable bonds is 3. The molecule has 118 valence electrons. The van der Waals surface area contributed by atoms with Gasteiger partial charge in [-0.15, -0.1) is 11.3 Å². The number of aromatic nitrogens is 1. The van der Waals surface area contributed by atoms with Crippen LogP contribution in [0.1, 0.15) is 64.1 Å². The predicted octanol–water partition coefficient (Wildman–Crippen LogP) is 3.50. The molecule has 2 fully saturated rings. The summed E-state index contributed by atoms with van der Waals surface area (Å²) in [6, 6.07) is 1.34. The maximum Gasteiger partial charge on any atom is 0.113 e. The zero-order valence-corrected chi connectivity index (χ0v) is 14.9. The second-order valence-corrected chi connectivity index (χ2v) is 8.93. The van der Waals surface area contributed by atoms with E-state index in [-0.39, 0.29) is 11.0 Å². The van der Waals surface area contributed by atoms with Gasteiger partial charge in [0.15, 0.2) is 0 Å². The van der Waals surface area contributed by atoms with Gasteiger partial charge in [0.05, 0.1) is 11.2 Å². The van der Waals surface area contributed by atoms with Gasteiger partial charge in [0.2, 0.25) is 0 Å². The Hall–Kier alpha value is -0.450. The first-order valence-electron chi connectivity index (χ1n) is 8.25. The molecule has 3 nitrogen and oxygen atoms in total. The fourth-order valence-electron chi connectivity index (χ4n) is 3.19. The van der Waals surface area contributed by atoms with Crippen molar-refractivity contribution >= 4 is 11.3 Å². The highest BCUT2D eigenvalue weighted by Gasteiger charge is 2.44. The Morgan fingerprint density at radius 1 is 1.38 bits per heavy atom. The van der Waals surface area contributed by atoms with Gasteiger partial charge in [0.25, 0.3) is 0 Å². The Balaban J connectivity index is 1.90. The Labute approximate surface area is 133 Å². The second-order valence-electron chi connectivity index (χ2n) is 8.07. The number of nitrogens with zero attached hydrogens (tertiary/aromatic N) is 2. The number of piperidine rings is 1. The zero-order chi connectivity index (χ0) is 15.3. The molecule has 0 amide bonds. The second kappa shape index (κ2) is 5.32. The van der Waals surface area contributed by atoms with Crippen molar-refractivity contribution in [3.8, 4) is 0 Å². The molecule has 0 aromatic carbocycles. The number of likely N-dealkylation sites (tertiary alicyclic amines) is 1. The molecule has 2 heterocycles. The van der Waals surface area contributed by atoms with Crippen LogP contribution in [0.2, 0.25) is 0 Å². The third kappa shape index (κ3) is 3.17. The Kier molecular flexibility index (Phi) is 3.92. The lowest BCUT2D eigenvalue weighted by molar-refractivity contribution is 0.104. The molecule has 1 aromatic heterocycles. The molecule has 2 unspecified atom stereocenters. The molecule has 0 spiro atoms. The third-order valence-electron chi connectivity index (χ3n) is 5.03. The molecule has 0 bridgehead atoms. The molecular weight excluding hydrogens is 278 g/mol. The van der Waals surface area contributed by atoms with Crippen LogP contribution in [0.25, 0.3) is 0 Å². The molecule has 2 aliphatic rings. The van der Waals surface area contributed by atoms with Crippen molar-refractivity contribution < 1.29 is 0 Å². The van der Waals surface area contributed by atoms with E-state index in [1.807, 2.05) is 11.3 Å². The van der Waals surface area contributed by atoms with Crippen molar-refractivity contribution in [3.05, 3.63) is 16.1 Å². The maximum absolute atomic E-state index is 5.06. The van der Waals surface area contributed by atoms with Gasteiger partial charge in [-0.05, 0) is 39.7 Å². The number of thiazole rings is 1. The normalized spacial score (nSPS) is 31.6. The average Bonchev–Trinajstić information content (AvgIpc) is 3.04. The standard InChI is InChI=1S/C17H29N3S/c1-12-10-17(8-9-20(12)5,19-13-6-7-13)15-18-14(11-21-15)16(2,3)4/h11-13,19H,6-10H2,1-5H3. The largest absolute Gasteiger partial charge is 0.304 e. The van der Waals surface area contributed by atoms with E-state index >= 15 is 0 Å². The van der Waals surface area contributed by atoms with Gasteiger partial charge in [0, 0.05) is 29.4 Å². The Morgan fingerprint density at radius 3 is 2.62 bits per heavy atom. The van der Waals surface area contributed by atoms with Gasteiger partial charge >= 0.3 is 0 Å². The van der Waals surface area contributed by atoms with Gasteiger partial charge in [-0.2, -0.15) is 0 Å². The molecule has 1 N–H and O–H groups in total. The molecule has 21 heavy (non-hydrogen) atoms. The zero-order valence-electron chi connectivity index (χ0n) is 14.1. The smallest absolute Gasteiger partial charge is 0.113 e. The van der Waals surface area contributed by atoms with Crippen LogP contribution in [-0.2, 0) is 11.0 Å². The van der Waals surface area contributed by atoms with Crippen molar-refractivity contribution in [2.45, 2.75) is 76.4 Å². The summed E-state index contributed by atoms with van der Waals surface area (Å²) in [4.78, 5) is 7.53. The lowest BCUT2D eigenvalue weighted by Crippen LogP contribution is -2.54. The van der Waals surface area contributed by atoms with Gasteiger partial charge in [0.1, 0.15) is 5.01 Å². The summed E-state index contributed by atoms with van der Waals surface area (Å²) in [6.07, 6.45) is 5.03. The lowest BCUT2D eigenvalue weighted by atomic mass is 9.83. The van der Waals surface area contributed by atoms with Crippen LogP contribution >= 0.6 is 11.3 Å². The van der Waals surface area contributed by atoms with Crippen molar-refractivity contribution in [1.82, 2.24) is 15.2 Å². The molecule has 0 radical (unpaired) electrons. The first kappa shape index (κ1) is 15.4. The van der Waals surface area contributed by atoms with Crippen LogP contribution in [-0.4, -0.2) is 35.6 Å². The SMILES string of the molecule is CC1CC(NC2CC2)(c2nc(C(C)(C)C)cs2)CCN1C. The molecule has 1 saturated carbocycles. The summed E-state index contributed by atoms with van der Waals surface area (Å²) < 4.78 is 0. The molecule has 1 aliphatic carbocycles. The van der Waals surface area contributed by atoms with E-state index in [1.54, 1.807) is 0 Å². The van der Waals surface area contributed by atoms with Crippen molar-refractivity contribution in [2.75, 3.05) is 13.6 Å². The van der Waals surface area contributed by atoms with Gasteiger partial charge in [-0.1, -0.05) is 20.8 Å². The highest BCUT2D eigenvalue weighted by atomic mass is 32.1. The topological polar surface area (TPSA) is 28.2 Å². The highest BCUT2D eigenvalue weighted by molar-refractivity contribution is 7.09. The fourth-order valence-corrected chi connectivity index (χ4v) is 4.44. The predicted molar refractivity (Wildman–Crippen MR) is 90.0 cm³/mol. The lowest BCUT2D eigenvalue weighted by Gasteiger charge is -2.44. The van der Waals surface area contributed by atoms with Crippen molar-refractivity contribution in [1.29, 1.82) is 0 Å². The van der Waals surface area contributed by atoms with E-state index in [2.05, 4.69) is 50.3 Å². The average molecular weight is 308 g/mol. The number of hydrogen-bond donors (Lipinski definition) is 1. The van der Waals surface area contributed by atoms with Gasteiger partial charge in [-0.25, -0.2) is 4.98 Å². The number of nitrogens with one attached hydrogen (secondary N) is 1. The monoisotopic (exact) mass is 307 g/mol. The molecule has 1 aromatic rings. The van der Waals surface area contributed by atoms with Gasteiger partial charge < -0.3 is 10.2 Å². The number of hydrogen-bond acceptors (Lipinski definition) is 4. The minimum absolute atomic E-state index is 0.112. The van der Waals surface area contributed by atoms with Crippen LogP contribution in [0.4, 0.5) is 0 Å². The van der Waals surface area contributed by atoms with Gasteiger partial charge in [-0.3, -0.25) is 0 Å². The van der Waals surface area contributed by atoms with Crippen LogP contribution in [0, 0.1) is 0 Å². The minimum Gasteiger partial charge on any atom is -0.304 e.